The van der Waals surface area contributed by atoms with E-state index in [1.54, 1.807) is 0 Å². The third-order valence-corrected chi connectivity index (χ3v) is 2.78. The van der Waals surface area contributed by atoms with Crippen molar-refractivity contribution in [3.8, 4) is 0 Å². The first kappa shape index (κ1) is 7.19. The van der Waals surface area contributed by atoms with Gasteiger partial charge in [-0.2, -0.15) is 0 Å². The summed E-state index contributed by atoms with van der Waals surface area (Å²) in [4.78, 5) is 0. The van der Waals surface area contributed by atoms with Gasteiger partial charge < -0.3 is 4.42 Å². The SMILES string of the molecule is C1=Cc2c(oc3c2C=CCC3)CC1. The maximum absolute atomic E-state index is 5.83. The Kier molecular flexibility index (Phi) is 1.45. The summed E-state index contributed by atoms with van der Waals surface area (Å²) >= 11 is 0. The molecule has 0 fully saturated rings. The highest BCUT2D eigenvalue weighted by Crippen LogP contribution is 2.32. The van der Waals surface area contributed by atoms with Crippen LogP contribution in [-0.2, 0) is 12.8 Å². The van der Waals surface area contributed by atoms with Crippen molar-refractivity contribution < 1.29 is 4.42 Å². The lowest BCUT2D eigenvalue weighted by molar-refractivity contribution is 0.462. The lowest BCUT2D eigenvalue weighted by atomic mass is 9.97. The molecule has 1 aromatic rings. The molecule has 0 spiro atoms. The summed E-state index contributed by atoms with van der Waals surface area (Å²) in [7, 11) is 0. The number of fused-ring (bicyclic) bond motifs is 3. The molecule has 0 amide bonds. The van der Waals surface area contributed by atoms with Crippen LogP contribution >= 0.6 is 0 Å². The van der Waals surface area contributed by atoms with Crippen molar-refractivity contribution in [1.82, 2.24) is 0 Å². The average molecular weight is 172 g/mol. The van der Waals surface area contributed by atoms with Crippen LogP contribution < -0.4 is 0 Å². The number of furan rings is 1. The fourth-order valence-electron chi connectivity index (χ4n) is 2.13. The molecule has 0 unspecified atom stereocenters. The van der Waals surface area contributed by atoms with Crippen molar-refractivity contribution in [3.63, 3.8) is 0 Å². The zero-order chi connectivity index (χ0) is 8.67. The Balaban J connectivity index is 2.23. The molecule has 3 rings (SSSR count). The van der Waals surface area contributed by atoms with Gasteiger partial charge in [0, 0.05) is 24.0 Å². The van der Waals surface area contributed by atoms with Crippen LogP contribution in [0.2, 0.25) is 0 Å². The Morgan fingerprint density at radius 3 is 1.92 bits per heavy atom. The van der Waals surface area contributed by atoms with Crippen molar-refractivity contribution in [2.75, 3.05) is 0 Å². The molecular formula is C12H12O. The van der Waals surface area contributed by atoms with Gasteiger partial charge in [-0.1, -0.05) is 24.3 Å². The number of hydrogen-bond acceptors (Lipinski definition) is 1. The largest absolute Gasteiger partial charge is 0.465 e. The Labute approximate surface area is 77.8 Å². The van der Waals surface area contributed by atoms with Gasteiger partial charge in [0.1, 0.15) is 11.5 Å². The second kappa shape index (κ2) is 2.63. The fraction of sp³-hybridized carbons (Fsp3) is 0.333. The minimum atomic E-state index is 1.08. The summed E-state index contributed by atoms with van der Waals surface area (Å²) in [6.07, 6.45) is 13.3. The molecule has 0 aromatic carbocycles. The van der Waals surface area contributed by atoms with E-state index in [1.807, 2.05) is 0 Å². The Hall–Kier alpha value is -1.24. The molecule has 0 saturated carbocycles. The number of allylic oxidation sites excluding steroid dienone is 2. The van der Waals surface area contributed by atoms with Gasteiger partial charge in [0.25, 0.3) is 0 Å². The normalized spacial score (nSPS) is 18.5. The molecule has 0 bridgehead atoms. The van der Waals surface area contributed by atoms with E-state index >= 15 is 0 Å². The van der Waals surface area contributed by atoms with Crippen molar-refractivity contribution in [2.45, 2.75) is 25.7 Å². The van der Waals surface area contributed by atoms with E-state index in [2.05, 4.69) is 24.3 Å². The highest BCUT2D eigenvalue weighted by Gasteiger charge is 2.19. The van der Waals surface area contributed by atoms with Gasteiger partial charge in [0.15, 0.2) is 0 Å². The Bertz CT molecular complexity index is 357. The molecule has 1 heterocycles. The molecule has 0 radical (unpaired) electrons. The van der Waals surface area contributed by atoms with Gasteiger partial charge in [-0.15, -0.1) is 0 Å². The molecule has 1 aromatic heterocycles. The van der Waals surface area contributed by atoms with Crippen molar-refractivity contribution in [2.24, 2.45) is 0 Å². The van der Waals surface area contributed by atoms with Gasteiger partial charge >= 0.3 is 0 Å². The first-order valence-corrected chi connectivity index (χ1v) is 4.93. The third-order valence-electron chi connectivity index (χ3n) is 2.78. The summed E-state index contributed by atoms with van der Waals surface area (Å²) in [6, 6.07) is 0. The third kappa shape index (κ3) is 0.998. The van der Waals surface area contributed by atoms with E-state index in [0.717, 1.165) is 25.7 Å². The lowest BCUT2D eigenvalue weighted by Crippen LogP contribution is -1.91. The van der Waals surface area contributed by atoms with Crippen LogP contribution in [0.4, 0.5) is 0 Å². The number of hydrogen-bond donors (Lipinski definition) is 0. The van der Waals surface area contributed by atoms with Crippen molar-refractivity contribution >= 4 is 12.2 Å². The summed E-state index contributed by atoms with van der Waals surface area (Å²) in [5.74, 6) is 2.39. The van der Waals surface area contributed by atoms with Crippen LogP contribution in [0, 0.1) is 0 Å². The number of aryl methyl sites for hydroxylation is 2. The van der Waals surface area contributed by atoms with Gasteiger partial charge in [-0.25, -0.2) is 0 Å². The fourth-order valence-corrected chi connectivity index (χ4v) is 2.13. The first-order chi connectivity index (χ1) is 6.45. The molecule has 1 heteroatoms. The zero-order valence-corrected chi connectivity index (χ0v) is 7.55. The van der Waals surface area contributed by atoms with Gasteiger partial charge in [-0.05, 0) is 12.8 Å². The summed E-state index contributed by atoms with van der Waals surface area (Å²) in [5, 5.41) is 0. The minimum Gasteiger partial charge on any atom is -0.465 e. The second-order valence-electron chi connectivity index (χ2n) is 3.66. The Morgan fingerprint density at radius 2 is 1.38 bits per heavy atom. The predicted molar refractivity (Wildman–Crippen MR) is 53.4 cm³/mol. The highest BCUT2D eigenvalue weighted by molar-refractivity contribution is 5.70. The predicted octanol–water partition coefficient (Wildman–Crippen LogP) is 3.20. The van der Waals surface area contributed by atoms with Crippen molar-refractivity contribution in [1.29, 1.82) is 0 Å². The van der Waals surface area contributed by atoms with Crippen LogP contribution in [0.15, 0.2) is 16.6 Å². The van der Waals surface area contributed by atoms with Crippen LogP contribution in [0.1, 0.15) is 35.5 Å². The molecule has 2 aliphatic carbocycles. The maximum Gasteiger partial charge on any atom is 0.112 e. The molecule has 0 atom stereocenters. The standard InChI is InChI=1S/C12H12O/c1-3-7-11-9(5-1)10-6-2-4-8-12(10)13-11/h1-2,5-6H,3-4,7-8H2. The van der Waals surface area contributed by atoms with Gasteiger partial charge in [-0.3, -0.25) is 0 Å². The topological polar surface area (TPSA) is 13.1 Å². The van der Waals surface area contributed by atoms with E-state index in [4.69, 9.17) is 4.42 Å². The van der Waals surface area contributed by atoms with Crippen LogP contribution in [0.5, 0.6) is 0 Å². The summed E-state index contributed by atoms with van der Waals surface area (Å²) in [5.41, 5.74) is 2.66. The van der Waals surface area contributed by atoms with E-state index < -0.39 is 0 Å². The molecule has 1 nitrogen and oxygen atoms in total. The highest BCUT2D eigenvalue weighted by atomic mass is 16.3. The molecule has 0 aliphatic heterocycles. The molecular weight excluding hydrogens is 160 g/mol. The van der Waals surface area contributed by atoms with Gasteiger partial charge in [0.05, 0.1) is 0 Å². The zero-order valence-electron chi connectivity index (χ0n) is 7.55. The van der Waals surface area contributed by atoms with Crippen molar-refractivity contribution in [3.05, 3.63) is 34.8 Å². The molecule has 2 aliphatic rings. The van der Waals surface area contributed by atoms with E-state index in [1.165, 1.54) is 22.6 Å². The number of rotatable bonds is 0. The quantitative estimate of drug-likeness (QED) is 0.585. The summed E-state index contributed by atoms with van der Waals surface area (Å²) < 4.78 is 5.83. The smallest absolute Gasteiger partial charge is 0.112 e. The van der Waals surface area contributed by atoms with E-state index in [-0.39, 0.29) is 0 Å². The molecule has 0 N–H and O–H groups in total. The molecule has 66 valence electrons. The second-order valence-corrected chi connectivity index (χ2v) is 3.66. The Morgan fingerprint density at radius 1 is 0.846 bits per heavy atom. The minimum absolute atomic E-state index is 1.08. The first-order valence-electron chi connectivity index (χ1n) is 4.93. The molecule has 13 heavy (non-hydrogen) atoms. The maximum atomic E-state index is 5.83. The van der Waals surface area contributed by atoms with Crippen LogP contribution in [0.25, 0.3) is 12.2 Å². The summed E-state index contributed by atoms with van der Waals surface area (Å²) in [6.45, 7) is 0. The monoisotopic (exact) mass is 172 g/mol. The average Bonchev–Trinajstić information content (AvgIpc) is 2.56. The lowest BCUT2D eigenvalue weighted by Gasteiger charge is -2.03. The van der Waals surface area contributed by atoms with Crippen LogP contribution in [0.3, 0.4) is 0 Å². The van der Waals surface area contributed by atoms with Gasteiger partial charge in [0.2, 0.25) is 0 Å². The van der Waals surface area contributed by atoms with Crippen LogP contribution in [-0.4, -0.2) is 0 Å². The molecule has 0 saturated heterocycles. The van der Waals surface area contributed by atoms with E-state index in [9.17, 15) is 0 Å². The van der Waals surface area contributed by atoms with E-state index in [0.29, 0.717) is 0 Å².